The van der Waals surface area contributed by atoms with Crippen LogP contribution >= 0.6 is 11.6 Å². The van der Waals surface area contributed by atoms with E-state index >= 15 is 0 Å². The lowest BCUT2D eigenvalue weighted by atomic mass is 10.0. The molecule has 0 bridgehead atoms. The quantitative estimate of drug-likeness (QED) is 0.699. The topological polar surface area (TPSA) is 29.1 Å². The van der Waals surface area contributed by atoms with Gasteiger partial charge in [0.1, 0.15) is 0 Å². The van der Waals surface area contributed by atoms with Crippen molar-refractivity contribution in [1.29, 1.82) is 0 Å². The van der Waals surface area contributed by atoms with Crippen molar-refractivity contribution in [2.45, 2.75) is 27.7 Å². The number of carbonyl (C=O) groups excluding carboxylic acids is 1. The molecule has 0 aromatic heterocycles. The maximum Gasteiger partial charge on any atom is 0.224 e. The molecule has 1 aliphatic carbocycles. The first-order valence-electron chi connectivity index (χ1n) is 4.69. The minimum absolute atomic E-state index is 0.128. The highest BCUT2D eigenvalue weighted by Crippen LogP contribution is 2.68. The molecule has 0 aromatic rings. The van der Waals surface area contributed by atoms with Crippen LogP contribution in [0.1, 0.15) is 27.7 Å². The largest absolute Gasteiger partial charge is 0.355 e. The molecule has 2 nitrogen and oxygen atoms in total. The summed E-state index contributed by atoms with van der Waals surface area (Å²) in [7, 11) is 0. The van der Waals surface area contributed by atoms with Crippen molar-refractivity contribution in [3.05, 3.63) is 0 Å². The second-order valence-electron chi connectivity index (χ2n) is 4.86. The third-order valence-corrected chi connectivity index (χ3v) is 3.87. The number of halogens is 1. The van der Waals surface area contributed by atoms with Crippen LogP contribution in [0, 0.1) is 16.7 Å². The van der Waals surface area contributed by atoms with E-state index in [0.29, 0.717) is 12.4 Å². The van der Waals surface area contributed by atoms with Gasteiger partial charge in [0, 0.05) is 18.3 Å². The van der Waals surface area contributed by atoms with Crippen LogP contribution < -0.4 is 5.32 Å². The number of hydrogen-bond donors (Lipinski definition) is 1. The van der Waals surface area contributed by atoms with Gasteiger partial charge in [-0.15, -0.1) is 11.6 Å². The van der Waals surface area contributed by atoms with E-state index in [-0.39, 0.29) is 22.7 Å². The monoisotopic (exact) mass is 203 g/mol. The van der Waals surface area contributed by atoms with Gasteiger partial charge in [0.2, 0.25) is 5.91 Å². The molecule has 1 saturated carbocycles. The third-order valence-electron chi connectivity index (χ3n) is 3.68. The van der Waals surface area contributed by atoms with E-state index in [4.69, 9.17) is 11.6 Å². The molecule has 1 aliphatic rings. The molecule has 0 atom stereocenters. The lowest BCUT2D eigenvalue weighted by molar-refractivity contribution is -0.123. The van der Waals surface area contributed by atoms with Gasteiger partial charge in [0.15, 0.2) is 0 Å². The number of nitrogens with one attached hydrogen (secondary N) is 1. The van der Waals surface area contributed by atoms with Crippen LogP contribution in [0.3, 0.4) is 0 Å². The van der Waals surface area contributed by atoms with Gasteiger partial charge in [-0.3, -0.25) is 4.79 Å². The Hall–Kier alpha value is -0.240. The zero-order chi connectivity index (χ0) is 10.3. The summed E-state index contributed by atoms with van der Waals surface area (Å²) >= 11 is 5.50. The van der Waals surface area contributed by atoms with Gasteiger partial charge in [-0.1, -0.05) is 27.7 Å². The fourth-order valence-electron chi connectivity index (χ4n) is 2.12. The van der Waals surface area contributed by atoms with E-state index in [1.807, 2.05) is 0 Å². The lowest BCUT2D eigenvalue weighted by Crippen LogP contribution is -2.28. The Morgan fingerprint density at radius 1 is 1.31 bits per heavy atom. The Bertz CT molecular complexity index is 209. The summed E-state index contributed by atoms with van der Waals surface area (Å²) in [5, 5.41) is 2.83. The summed E-state index contributed by atoms with van der Waals surface area (Å²) in [4.78, 5) is 11.6. The smallest absolute Gasteiger partial charge is 0.224 e. The highest BCUT2D eigenvalue weighted by atomic mass is 35.5. The average molecular weight is 204 g/mol. The predicted octanol–water partition coefficient (Wildman–Crippen LogP) is 2.02. The van der Waals surface area contributed by atoms with Crippen molar-refractivity contribution >= 4 is 17.5 Å². The minimum Gasteiger partial charge on any atom is -0.355 e. The number of carbonyl (C=O) groups is 1. The van der Waals surface area contributed by atoms with E-state index in [9.17, 15) is 4.79 Å². The van der Waals surface area contributed by atoms with E-state index in [2.05, 4.69) is 33.0 Å². The van der Waals surface area contributed by atoms with Crippen LogP contribution in [-0.2, 0) is 4.79 Å². The zero-order valence-electron chi connectivity index (χ0n) is 8.78. The molecule has 0 aliphatic heterocycles. The lowest BCUT2D eigenvalue weighted by Gasteiger charge is -2.03. The molecular weight excluding hydrogens is 186 g/mol. The molecule has 1 N–H and O–H groups in total. The number of hydrogen-bond acceptors (Lipinski definition) is 1. The molecule has 0 saturated heterocycles. The highest BCUT2D eigenvalue weighted by molar-refractivity contribution is 6.18. The maximum atomic E-state index is 11.6. The van der Waals surface area contributed by atoms with Crippen molar-refractivity contribution < 1.29 is 4.79 Å². The number of amides is 1. The zero-order valence-corrected chi connectivity index (χ0v) is 9.53. The van der Waals surface area contributed by atoms with Crippen LogP contribution in [0.25, 0.3) is 0 Å². The first-order valence-corrected chi connectivity index (χ1v) is 5.23. The van der Waals surface area contributed by atoms with E-state index in [1.165, 1.54) is 0 Å². The van der Waals surface area contributed by atoms with Gasteiger partial charge in [-0.25, -0.2) is 0 Å². The first-order chi connectivity index (χ1) is 5.85. The Labute approximate surface area is 85.0 Å². The van der Waals surface area contributed by atoms with Crippen LogP contribution in [0.5, 0.6) is 0 Å². The molecule has 1 rings (SSSR count). The second kappa shape index (κ2) is 3.16. The fraction of sp³-hybridized carbons (Fsp3) is 0.900. The van der Waals surface area contributed by atoms with Gasteiger partial charge < -0.3 is 5.32 Å². The molecule has 76 valence electrons. The normalized spacial score (nSPS) is 24.1. The summed E-state index contributed by atoms with van der Waals surface area (Å²) in [5.41, 5.74) is 0.257. The van der Waals surface area contributed by atoms with Crippen molar-refractivity contribution in [2.75, 3.05) is 12.4 Å². The average Bonchev–Trinajstić information content (AvgIpc) is 2.39. The maximum absolute atomic E-state index is 11.6. The first kappa shape index (κ1) is 10.8. The molecule has 13 heavy (non-hydrogen) atoms. The molecule has 1 amide bonds. The van der Waals surface area contributed by atoms with E-state index in [0.717, 1.165) is 0 Å². The standard InChI is InChI=1S/C10H18ClNO/c1-9(2)7(10(9,3)4)8(13)12-6-5-11/h7H,5-6H2,1-4H3,(H,12,13). The molecule has 0 radical (unpaired) electrons. The third kappa shape index (κ3) is 1.56. The summed E-state index contributed by atoms with van der Waals surface area (Å²) in [6.45, 7) is 9.12. The molecular formula is C10H18ClNO. The molecule has 0 unspecified atom stereocenters. The van der Waals surface area contributed by atoms with E-state index < -0.39 is 0 Å². The van der Waals surface area contributed by atoms with Crippen LogP contribution in [0.2, 0.25) is 0 Å². The van der Waals surface area contributed by atoms with Gasteiger partial charge in [-0.2, -0.15) is 0 Å². The SMILES string of the molecule is CC1(C)C(C(=O)NCCCl)C1(C)C. The van der Waals surface area contributed by atoms with Gasteiger partial charge in [-0.05, 0) is 10.8 Å². The van der Waals surface area contributed by atoms with Crippen LogP contribution in [0.15, 0.2) is 0 Å². The van der Waals surface area contributed by atoms with Crippen molar-refractivity contribution in [2.24, 2.45) is 16.7 Å². The Kier molecular flexibility index (Phi) is 2.63. The predicted molar refractivity (Wildman–Crippen MR) is 54.8 cm³/mol. The summed E-state index contributed by atoms with van der Waals surface area (Å²) < 4.78 is 0. The van der Waals surface area contributed by atoms with Crippen molar-refractivity contribution in [1.82, 2.24) is 5.32 Å². The van der Waals surface area contributed by atoms with Gasteiger partial charge in [0.25, 0.3) is 0 Å². The highest BCUT2D eigenvalue weighted by Gasteiger charge is 2.68. The van der Waals surface area contributed by atoms with Crippen LogP contribution in [0.4, 0.5) is 0 Å². The van der Waals surface area contributed by atoms with Gasteiger partial charge in [0.05, 0.1) is 0 Å². The Morgan fingerprint density at radius 2 is 1.77 bits per heavy atom. The Balaban J connectivity index is 2.53. The molecule has 3 heteroatoms. The molecule has 0 spiro atoms. The molecule has 1 fully saturated rings. The minimum atomic E-state index is 0.128. The van der Waals surface area contributed by atoms with Gasteiger partial charge >= 0.3 is 0 Å². The Morgan fingerprint density at radius 3 is 2.08 bits per heavy atom. The second-order valence-corrected chi connectivity index (χ2v) is 5.23. The van der Waals surface area contributed by atoms with E-state index in [1.54, 1.807) is 0 Å². The number of rotatable bonds is 3. The summed E-state index contributed by atoms with van der Waals surface area (Å²) in [5.74, 6) is 0.776. The summed E-state index contributed by atoms with van der Waals surface area (Å²) in [6, 6.07) is 0. The van der Waals surface area contributed by atoms with Crippen LogP contribution in [-0.4, -0.2) is 18.3 Å². The summed E-state index contributed by atoms with van der Waals surface area (Å²) in [6.07, 6.45) is 0. The molecule has 0 heterocycles. The number of alkyl halides is 1. The fourth-order valence-corrected chi connectivity index (χ4v) is 2.22. The molecule has 0 aromatic carbocycles. The van der Waals surface area contributed by atoms with Crippen molar-refractivity contribution in [3.8, 4) is 0 Å². The van der Waals surface area contributed by atoms with Crippen molar-refractivity contribution in [3.63, 3.8) is 0 Å².